The molecule has 2 rings (SSSR count). The molecule has 4 heteroatoms. The minimum absolute atomic E-state index is 0.345. The Morgan fingerprint density at radius 3 is 2.79 bits per heavy atom. The number of methoxy groups -OCH3 is 1. The van der Waals surface area contributed by atoms with Gasteiger partial charge in [-0.2, -0.15) is 0 Å². The van der Waals surface area contributed by atoms with E-state index in [2.05, 4.69) is 4.74 Å². The van der Waals surface area contributed by atoms with Crippen molar-refractivity contribution in [2.75, 3.05) is 13.7 Å². The number of ether oxygens (including phenoxy) is 2. The Morgan fingerprint density at radius 2 is 2.07 bits per heavy atom. The van der Waals surface area contributed by atoms with Crippen molar-refractivity contribution in [1.82, 2.24) is 0 Å². The van der Waals surface area contributed by atoms with E-state index in [4.69, 9.17) is 4.74 Å². The maximum atomic E-state index is 11.2. The van der Waals surface area contributed by atoms with Gasteiger partial charge in [0.1, 0.15) is 0 Å². The Labute approximate surface area is 81.9 Å². The summed E-state index contributed by atoms with van der Waals surface area (Å²) >= 11 is 0. The maximum Gasteiger partial charge on any atom is 0.342 e. The van der Waals surface area contributed by atoms with Crippen LogP contribution < -0.4 is 0 Å². The standard InChI is InChI=1S/C10H12O4/c1-13-5-6-2-3-7-8(4-6)10(12)14-9(7)11/h6H,2-5H2,1H3. The molecular formula is C10H12O4. The fraction of sp³-hybridized carbons (Fsp3) is 0.600. The Hall–Kier alpha value is -1.16. The van der Waals surface area contributed by atoms with Gasteiger partial charge in [0.2, 0.25) is 0 Å². The topological polar surface area (TPSA) is 52.6 Å². The van der Waals surface area contributed by atoms with Crippen LogP contribution in [0.2, 0.25) is 0 Å². The zero-order valence-corrected chi connectivity index (χ0v) is 8.04. The average molecular weight is 196 g/mol. The molecule has 0 bridgehead atoms. The number of hydrogen-bond donors (Lipinski definition) is 0. The molecule has 0 aromatic rings. The second kappa shape index (κ2) is 3.53. The minimum atomic E-state index is -0.453. The van der Waals surface area contributed by atoms with E-state index in [-0.39, 0.29) is 0 Å². The monoisotopic (exact) mass is 196 g/mol. The summed E-state index contributed by atoms with van der Waals surface area (Å²) in [4.78, 5) is 22.4. The number of cyclic esters (lactones) is 2. The molecule has 1 heterocycles. The van der Waals surface area contributed by atoms with E-state index in [1.165, 1.54) is 0 Å². The number of rotatable bonds is 2. The van der Waals surface area contributed by atoms with E-state index < -0.39 is 11.9 Å². The number of carbonyl (C=O) groups is 2. The van der Waals surface area contributed by atoms with Gasteiger partial charge in [0.15, 0.2) is 0 Å². The number of carbonyl (C=O) groups excluding carboxylic acids is 2. The third-order valence-corrected chi connectivity index (χ3v) is 2.74. The lowest BCUT2D eigenvalue weighted by molar-refractivity contribution is -0.151. The predicted octanol–water partition coefficient (Wildman–Crippen LogP) is 0.813. The Morgan fingerprint density at radius 1 is 1.36 bits per heavy atom. The molecule has 2 aliphatic rings. The van der Waals surface area contributed by atoms with Gasteiger partial charge in [-0.3, -0.25) is 0 Å². The Balaban J connectivity index is 2.15. The largest absolute Gasteiger partial charge is 0.386 e. The van der Waals surface area contributed by atoms with Crippen molar-refractivity contribution in [3.05, 3.63) is 11.1 Å². The molecule has 1 atom stereocenters. The van der Waals surface area contributed by atoms with Crippen molar-refractivity contribution in [2.24, 2.45) is 5.92 Å². The summed E-state index contributed by atoms with van der Waals surface area (Å²) in [5.41, 5.74) is 1.16. The maximum absolute atomic E-state index is 11.2. The van der Waals surface area contributed by atoms with Crippen LogP contribution in [-0.2, 0) is 19.1 Å². The Kier molecular flexibility index (Phi) is 2.37. The van der Waals surface area contributed by atoms with Crippen LogP contribution in [0.4, 0.5) is 0 Å². The van der Waals surface area contributed by atoms with Gasteiger partial charge >= 0.3 is 11.9 Å². The zero-order valence-electron chi connectivity index (χ0n) is 8.04. The first-order chi connectivity index (χ1) is 6.72. The van der Waals surface area contributed by atoms with Crippen molar-refractivity contribution in [1.29, 1.82) is 0 Å². The van der Waals surface area contributed by atoms with Gasteiger partial charge in [0, 0.05) is 24.9 Å². The van der Waals surface area contributed by atoms with Crippen LogP contribution in [0.5, 0.6) is 0 Å². The lowest BCUT2D eigenvalue weighted by Gasteiger charge is -2.19. The second-order valence-electron chi connectivity index (χ2n) is 3.70. The van der Waals surface area contributed by atoms with Crippen LogP contribution in [-0.4, -0.2) is 25.7 Å². The first kappa shape index (κ1) is 9.40. The smallest absolute Gasteiger partial charge is 0.342 e. The molecule has 14 heavy (non-hydrogen) atoms. The molecule has 0 N–H and O–H groups in total. The van der Waals surface area contributed by atoms with Crippen molar-refractivity contribution in [3.63, 3.8) is 0 Å². The van der Waals surface area contributed by atoms with Gasteiger partial charge in [0.25, 0.3) is 0 Å². The first-order valence-corrected chi connectivity index (χ1v) is 4.70. The SMILES string of the molecule is COCC1CCC2=C(C1)C(=O)OC2=O. The molecule has 0 saturated heterocycles. The molecule has 0 aromatic heterocycles. The fourth-order valence-corrected chi connectivity index (χ4v) is 2.03. The molecule has 0 radical (unpaired) electrons. The summed E-state index contributed by atoms with van der Waals surface area (Å²) in [7, 11) is 1.64. The minimum Gasteiger partial charge on any atom is -0.386 e. The number of hydrogen-bond acceptors (Lipinski definition) is 4. The first-order valence-electron chi connectivity index (χ1n) is 4.70. The highest BCUT2D eigenvalue weighted by molar-refractivity contribution is 6.12. The predicted molar refractivity (Wildman–Crippen MR) is 47.3 cm³/mol. The molecule has 1 aliphatic heterocycles. The van der Waals surface area contributed by atoms with Crippen molar-refractivity contribution in [2.45, 2.75) is 19.3 Å². The summed E-state index contributed by atoms with van der Waals surface area (Å²) < 4.78 is 9.57. The quantitative estimate of drug-likeness (QED) is 0.484. The zero-order chi connectivity index (χ0) is 10.1. The molecule has 4 nitrogen and oxygen atoms in total. The van der Waals surface area contributed by atoms with Crippen molar-refractivity contribution >= 4 is 11.9 Å². The number of esters is 2. The van der Waals surface area contributed by atoms with Crippen LogP contribution >= 0.6 is 0 Å². The van der Waals surface area contributed by atoms with E-state index in [0.717, 1.165) is 6.42 Å². The third kappa shape index (κ3) is 1.46. The highest BCUT2D eigenvalue weighted by Gasteiger charge is 2.36. The molecule has 1 aliphatic carbocycles. The van der Waals surface area contributed by atoms with E-state index in [0.29, 0.717) is 36.5 Å². The van der Waals surface area contributed by atoms with Gasteiger partial charge in [0.05, 0.1) is 0 Å². The van der Waals surface area contributed by atoms with E-state index in [1.807, 2.05) is 0 Å². The highest BCUT2D eigenvalue weighted by atomic mass is 16.6. The van der Waals surface area contributed by atoms with Crippen LogP contribution in [0.15, 0.2) is 11.1 Å². The summed E-state index contributed by atoms with van der Waals surface area (Å²) in [6, 6.07) is 0. The van der Waals surface area contributed by atoms with Crippen LogP contribution in [0.1, 0.15) is 19.3 Å². The molecular weight excluding hydrogens is 184 g/mol. The summed E-state index contributed by atoms with van der Waals surface area (Å²) in [5.74, 6) is -0.552. The summed E-state index contributed by atoms with van der Waals surface area (Å²) in [5, 5.41) is 0. The average Bonchev–Trinajstić information content (AvgIpc) is 2.43. The molecule has 0 fully saturated rings. The van der Waals surface area contributed by atoms with E-state index >= 15 is 0 Å². The van der Waals surface area contributed by atoms with E-state index in [9.17, 15) is 9.59 Å². The van der Waals surface area contributed by atoms with Crippen LogP contribution in [0, 0.1) is 5.92 Å². The third-order valence-electron chi connectivity index (χ3n) is 2.74. The molecule has 0 spiro atoms. The van der Waals surface area contributed by atoms with Gasteiger partial charge in [-0.25, -0.2) is 9.59 Å². The fourth-order valence-electron chi connectivity index (χ4n) is 2.03. The molecule has 1 unspecified atom stereocenters. The summed E-state index contributed by atoms with van der Waals surface area (Å²) in [6.07, 6.45) is 2.16. The van der Waals surface area contributed by atoms with Crippen molar-refractivity contribution < 1.29 is 19.1 Å². The second-order valence-corrected chi connectivity index (χ2v) is 3.70. The highest BCUT2D eigenvalue weighted by Crippen LogP contribution is 2.34. The van der Waals surface area contributed by atoms with Gasteiger partial charge in [-0.05, 0) is 25.2 Å². The van der Waals surface area contributed by atoms with Crippen LogP contribution in [0.25, 0.3) is 0 Å². The van der Waals surface area contributed by atoms with Gasteiger partial charge in [-0.1, -0.05) is 0 Å². The Bertz CT molecular complexity index is 316. The van der Waals surface area contributed by atoms with E-state index in [1.54, 1.807) is 7.11 Å². The lowest BCUT2D eigenvalue weighted by atomic mass is 9.85. The van der Waals surface area contributed by atoms with Gasteiger partial charge < -0.3 is 9.47 Å². The molecule has 0 aromatic carbocycles. The van der Waals surface area contributed by atoms with Crippen LogP contribution in [0.3, 0.4) is 0 Å². The normalized spacial score (nSPS) is 26.5. The molecule has 76 valence electrons. The summed E-state index contributed by atoms with van der Waals surface area (Å²) in [6.45, 7) is 0.637. The lowest BCUT2D eigenvalue weighted by Crippen LogP contribution is -2.16. The molecule has 0 amide bonds. The van der Waals surface area contributed by atoms with Gasteiger partial charge in [-0.15, -0.1) is 0 Å². The van der Waals surface area contributed by atoms with Crippen molar-refractivity contribution in [3.8, 4) is 0 Å². The molecule has 0 saturated carbocycles.